The van der Waals surface area contributed by atoms with Gasteiger partial charge >= 0.3 is 7.82 Å². The summed E-state index contributed by atoms with van der Waals surface area (Å²) in [6.45, 7) is 0. The maximum absolute atomic E-state index is 11.6. The van der Waals surface area contributed by atoms with Crippen LogP contribution in [0.1, 0.15) is 64.2 Å². The SMILES string of the molecule is O=P(O)(OOC1CCCCC1)OOC1CCCCC1. The van der Waals surface area contributed by atoms with E-state index in [9.17, 15) is 9.46 Å². The molecule has 0 saturated heterocycles. The molecule has 0 aromatic heterocycles. The van der Waals surface area contributed by atoms with Crippen molar-refractivity contribution < 1.29 is 28.6 Å². The maximum atomic E-state index is 11.6. The second kappa shape index (κ2) is 7.72. The van der Waals surface area contributed by atoms with Crippen molar-refractivity contribution in [3.8, 4) is 0 Å². The van der Waals surface area contributed by atoms with Gasteiger partial charge in [0.05, 0.1) is 12.2 Å². The third-order valence-electron chi connectivity index (χ3n) is 3.65. The van der Waals surface area contributed by atoms with E-state index >= 15 is 0 Å². The van der Waals surface area contributed by atoms with Crippen LogP contribution < -0.4 is 0 Å². The molecule has 0 unspecified atom stereocenters. The number of phosphoric acid groups is 1. The zero-order valence-corrected chi connectivity index (χ0v) is 12.1. The van der Waals surface area contributed by atoms with E-state index in [-0.39, 0.29) is 12.2 Å². The molecule has 2 fully saturated rings. The van der Waals surface area contributed by atoms with Crippen LogP contribution in [0.2, 0.25) is 0 Å². The van der Waals surface area contributed by atoms with Crippen LogP contribution in [0.5, 0.6) is 0 Å². The number of rotatable bonds is 6. The molecule has 0 heterocycles. The van der Waals surface area contributed by atoms with E-state index in [1.807, 2.05) is 0 Å². The second-order valence-electron chi connectivity index (χ2n) is 5.33. The van der Waals surface area contributed by atoms with Crippen LogP contribution in [0.15, 0.2) is 0 Å². The summed E-state index contributed by atoms with van der Waals surface area (Å²) in [5.41, 5.74) is 0. The highest BCUT2D eigenvalue weighted by molar-refractivity contribution is 7.47. The molecular weight excluding hydrogens is 271 g/mol. The van der Waals surface area contributed by atoms with Crippen molar-refractivity contribution in [2.75, 3.05) is 0 Å². The van der Waals surface area contributed by atoms with Gasteiger partial charge in [-0.25, -0.2) is 14.3 Å². The normalized spacial score (nSPS) is 23.6. The van der Waals surface area contributed by atoms with Gasteiger partial charge in [0.1, 0.15) is 0 Å². The van der Waals surface area contributed by atoms with E-state index in [1.54, 1.807) is 0 Å². The topological polar surface area (TPSA) is 74.2 Å². The first-order valence-electron chi connectivity index (χ1n) is 7.19. The van der Waals surface area contributed by atoms with Crippen LogP contribution in [-0.2, 0) is 23.7 Å². The van der Waals surface area contributed by atoms with Crippen LogP contribution in [-0.4, -0.2) is 17.1 Å². The van der Waals surface area contributed by atoms with Gasteiger partial charge in [0, 0.05) is 0 Å². The molecule has 1 N–H and O–H groups in total. The van der Waals surface area contributed by atoms with Crippen molar-refractivity contribution in [2.45, 2.75) is 76.4 Å². The molecule has 0 aromatic carbocycles. The highest BCUT2D eigenvalue weighted by atomic mass is 31.2. The van der Waals surface area contributed by atoms with Crippen LogP contribution in [0, 0.1) is 0 Å². The van der Waals surface area contributed by atoms with E-state index in [0.29, 0.717) is 0 Å². The van der Waals surface area contributed by atoms with Gasteiger partial charge < -0.3 is 0 Å². The third kappa shape index (κ3) is 5.90. The van der Waals surface area contributed by atoms with Gasteiger partial charge in [-0.15, -0.1) is 9.35 Å². The Morgan fingerprint density at radius 3 is 1.47 bits per heavy atom. The Bertz CT molecular complexity index is 273. The minimum atomic E-state index is -4.27. The number of hydrogen-bond acceptors (Lipinski definition) is 5. The molecule has 7 heteroatoms. The minimum absolute atomic E-state index is 0.118. The molecule has 2 aliphatic carbocycles. The lowest BCUT2D eigenvalue weighted by atomic mass is 9.98. The molecule has 0 amide bonds. The van der Waals surface area contributed by atoms with Gasteiger partial charge in [-0.2, -0.15) is 0 Å². The van der Waals surface area contributed by atoms with Crippen molar-refractivity contribution in [3.63, 3.8) is 0 Å². The zero-order valence-electron chi connectivity index (χ0n) is 11.2. The Hall–Kier alpha value is 0.0300. The van der Waals surface area contributed by atoms with Gasteiger partial charge in [-0.1, -0.05) is 38.5 Å². The Labute approximate surface area is 113 Å². The van der Waals surface area contributed by atoms with Crippen molar-refractivity contribution in [1.82, 2.24) is 0 Å². The van der Waals surface area contributed by atoms with Gasteiger partial charge in [-0.05, 0) is 25.7 Å². The Balaban J connectivity index is 1.64. The lowest BCUT2D eigenvalue weighted by molar-refractivity contribution is -0.315. The van der Waals surface area contributed by atoms with E-state index in [0.717, 1.165) is 51.4 Å². The Kier molecular flexibility index (Phi) is 6.26. The molecule has 19 heavy (non-hydrogen) atoms. The first kappa shape index (κ1) is 15.4. The summed E-state index contributed by atoms with van der Waals surface area (Å²) in [5, 5.41) is 0. The van der Waals surface area contributed by atoms with E-state index < -0.39 is 7.82 Å². The summed E-state index contributed by atoms with van der Waals surface area (Å²) in [7, 11) is -4.27. The van der Waals surface area contributed by atoms with Gasteiger partial charge in [0.2, 0.25) is 0 Å². The van der Waals surface area contributed by atoms with Crippen molar-refractivity contribution in [1.29, 1.82) is 0 Å². The fourth-order valence-electron chi connectivity index (χ4n) is 2.57. The molecule has 112 valence electrons. The zero-order chi connectivity index (χ0) is 13.6. The molecule has 0 aromatic rings. The molecule has 0 radical (unpaired) electrons. The summed E-state index contributed by atoms with van der Waals surface area (Å²) in [6, 6.07) is 0. The average molecular weight is 294 g/mol. The van der Waals surface area contributed by atoms with Crippen LogP contribution in [0.3, 0.4) is 0 Å². The molecule has 2 saturated carbocycles. The van der Waals surface area contributed by atoms with Gasteiger partial charge in [-0.3, -0.25) is 4.89 Å². The Morgan fingerprint density at radius 1 is 0.737 bits per heavy atom. The van der Waals surface area contributed by atoms with E-state index in [4.69, 9.17) is 9.78 Å². The predicted octanol–water partition coefficient (Wildman–Crippen LogP) is 3.65. The minimum Gasteiger partial charge on any atom is -0.299 e. The molecular formula is C12H23O6P. The standard InChI is InChI=1S/C12H23O6P/c13-19(14,17-15-11-7-3-1-4-8-11)18-16-12-9-5-2-6-10-12/h11-12H,1-10H2,(H,13,14). The molecule has 0 spiro atoms. The van der Waals surface area contributed by atoms with E-state index in [2.05, 4.69) is 9.35 Å². The third-order valence-corrected chi connectivity index (χ3v) is 4.20. The quantitative estimate of drug-likeness (QED) is 0.458. The predicted molar refractivity (Wildman–Crippen MR) is 67.9 cm³/mol. The molecule has 0 aliphatic heterocycles. The molecule has 2 aliphatic rings. The lowest BCUT2D eigenvalue weighted by Gasteiger charge is -2.23. The van der Waals surface area contributed by atoms with Crippen LogP contribution in [0.25, 0.3) is 0 Å². The summed E-state index contributed by atoms with van der Waals surface area (Å²) in [4.78, 5) is 19.4. The summed E-state index contributed by atoms with van der Waals surface area (Å²) < 4.78 is 20.6. The van der Waals surface area contributed by atoms with E-state index in [1.165, 1.54) is 12.8 Å². The van der Waals surface area contributed by atoms with Crippen molar-refractivity contribution in [3.05, 3.63) is 0 Å². The largest absolute Gasteiger partial charge is 0.526 e. The van der Waals surface area contributed by atoms with Crippen LogP contribution in [0.4, 0.5) is 0 Å². The van der Waals surface area contributed by atoms with Gasteiger partial charge in [0.25, 0.3) is 0 Å². The molecule has 6 nitrogen and oxygen atoms in total. The van der Waals surface area contributed by atoms with Crippen molar-refractivity contribution in [2.24, 2.45) is 0 Å². The highest BCUT2D eigenvalue weighted by Crippen LogP contribution is 2.45. The van der Waals surface area contributed by atoms with Crippen LogP contribution >= 0.6 is 7.82 Å². The monoisotopic (exact) mass is 294 g/mol. The molecule has 0 bridgehead atoms. The average Bonchev–Trinajstić information content (AvgIpc) is 2.46. The first-order valence-corrected chi connectivity index (χ1v) is 8.68. The molecule has 0 atom stereocenters. The maximum Gasteiger partial charge on any atom is 0.526 e. The second-order valence-corrected chi connectivity index (χ2v) is 6.57. The first-order chi connectivity index (χ1) is 9.16. The number of hydrogen-bond donors (Lipinski definition) is 1. The molecule has 2 rings (SSSR count). The van der Waals surface area contributed by atoms with Gasteiger partial charge in [0.15, 0.2) is 0 Å². The lowest BCUT2D eigenvalue weighted by Crippen LogP contribution is -2.18. The smallest absolute Gasteiger partial charge is 0.299 e. The summed E-state index contributed by atoms with van der Waals surface area (Å²) in [5.74, 6) is 0. The summed E-state index contributed by atoms with van der Waals surface area (Å²) >= 11 is 0. The summed E-state index contributed by atoms with van der Waals surface area (Å²) in [6.07, 6.45) is 9.76. The Morgan fingerprint density at radius 2 is 1.11 bits per heavy atom. The highest BCUT2D eigenvalue weighted by Gasteiger charge is 2.29. The van der Waals surface area contributed by atoms with Crippen molar-refractivity contribution >= 4 is 7.82 Å². The fraction of sp³-hybridized carbons (Fsp3) is 1.00. The fourth-order valence-corrected chi connectivity index (χ4v) is 3.05.